The Morgan fingerprint density at radius 2 is 1.65 bits per heavy atom. The molecule has 1 aliphatic carbocycles. The van der Waals surface area contributed by atoms with Crippen LogP contribution in [0.5, 0.6) is 0 Å². The lowest BCUT2D eigenvalue weighted by molar-refractivity contribution is -0.148. The van der Waals surface area contributed by atoms with Crippen LogP contribution in [-0.2, 0) is 20.9 Å². The van der Waals surface area contributed by atoms with Gasteiger partial charge in [-0.25, -0.2) is 0 Å². The quantitative estimate of drug-likeness (QED) is 0.488. The van der Waals surface area contributed by atoms with Crippen LogP contribution in [0.2, 0.25) is 0 Å². The molecule has 0 saturated heterocycles. The van der Waals surface area contributed by atoms with Crippen LogP contribution >= 0.6 is 0 Å². The third-order valence-electron chi connectivity index (χ3n) is 6.68. The lowest BCUT2D eigenvalue weighted by atomic mass is 9.69. The summed E-state index contributed by atoms with van der Waals surface area (Å²) < 4.78 is 5.72. The summed E-state index contributed by atoms with van der Waals surface area (Å²) in [6, 6.07) is 23.4. The molecule has 0 saturated carbocycles. The maximum absolute atomic E-state index is 13.6. The number of rotatable bonds is 5. The highest BCUT2D eigenvalue weighted by molar-refractivity contribution is 6.09. The van der Waals surface area contributed by atoms with Crippen molar-refractivity contribution in [2.45, 2.75) is 38.2 Å². The van der Waals surface area contributed by atoms with Crippen molar-refractivity contribution >= 4 is 17.5 Å². The number of Topliss-reactive ketones (excluding diaryl/α,β-unsaturated/α-hetero) is 1. The molecule has 0 bridgehead atoms. The van der Waals surface area contributed by atoms with E-state index in [4.69, 9.17) is 9.73 Å². The first kappa shape index (κ1) is 22.0. The van der Waals surface area contributed by atoms with E-state index in [2.05, 4.69) is 17.1 Å². The second-order valence-corrected chi connectivity index (χ2v) is 8.89. The van der Waals surface area contributed by atoms with E-state index in [0.717, 1.165) is 22.4 Å². The summed E-state index contributed by atoms with van der Waals surface area (Å²) in [5.41, 5.74) is 4.97. The van der Waals surface area contributed by atoms with E-state index in [-0.39, 0.29) is 24.3 Å². The van der Waals surface area contributed by atoms with E-state index in [1.807, 2.05) is 67.6 Å². The van der Waals surface area contributed by atoms with Crippen LogP contribution in [0.1, 0.15) is 48.3 Å². The lowest BCUT2D eigenvalue weighted by Crippen LogP contribution is -2.38. The number of hydrogen-bond acceptors (Lipinski definition) is 5. The molecule has 5 rings (SSSR count). The predicted molar refractivity (Wildman–Crippen MR) is 130 cm³/mol. The molecule has 34 heavy (non-hydrogen) atoms. The zero-order valence-electron chi connectivity index (χ0n) is 19.1. The zero-order chi connectivity index (χ0) is 23.5. The van der Waals surface area contributed by atoms with Gasteiger partial charge in [0.25, 0.3) is 0 Å². The summed E-state index contributed by atoms with van der Waals surface area (Å²) in [4.78, 5) is 36.0. The highest BCUT2D eigenvalue weighted by Crippen LogP contribution is 2.46. The number of benzene rings is 2. The summed E-state index contributed by atoms with van der Waals surface area (Å²) in [6.07, 6.45) is 4.51. The molecule has 3 aromatic rings. The molecule has 0 amide bonds. The summed E-state index contributed by atoms with van der Waals surface area (Å²) in [5, 5.41) is 0. The number of hydrogen-bond donors (Lipinski definition) is 0. The molecule has 0 N–H and O–H groups in total. The summed E-state index contributed by atoms with van der Waals surface area (Å²) >= 11 is 0. The molecule has 3 atom stereocenters. The van der Waals surface area contributed by atoms with Crippen molar-refractivity contribution in [3.8, 4) is 0 Å². The molecule has 2 aliphatic rings. The van der Waals surface area contributed by atoms with Gasteiger partial charge in [-0.2, -0.15) is 0 Å². The van der Waals surface area contributed by atoms with E-state index in [9.17, 15) is 9.59 Å². The van der Waals surface area contributed by atoms with Gasteiger partial charge < -0.3 is 4.74 Å². The number of carbonyl (C=O) groups excluding carboxylic acids is 2. The highest BCUT2D eigenvalue weighted by atomic mass is 16.5. The van der Waals surface area contributed by atoms with Crippen LogP contribution < -0.4 is 0 Å². The first-order valence-electron chi connectivity index (χ1n) is 11.6. The minimum atomic E-state index is -0.663. The van der Waals surface area contributed by atoms with Crippen molar-refractivity contribution in [3.05, 3.63) is 113 Å². The SMILES string of the molecule is CC1=NC2=C(C(=O)C[C@H](c3ccccc3)C2)[C@H](c2cccnc2)C1C(=O)OCc1ccccc1. The second kappa shape index (κ2) is 9.56. The number of aromatic nitrogens is 1. The van der Waals surface area contributed by atoms with Gasteiger partial charge in [0.2, 0.25) is 0 Å². The largest absolute Gasteiger partial charge is 0.460 e. The van der Waals surface area contributed by atoms with Crippen molar-refractivity contribution in [1.29, 1.82) is 0 Å². The Morgan fingerprint density at radius 1 is 0.941 bits per heavy atom. The monoisotopic (exact) mass is 450 g/mol. The Labute approximate surface area is 199 Å². The lowest BCUT2D eigenvalue weighted by Gasteiger charge is -2.36. The molecule has 0 fully saturated rings. The number of esters is 1. The molecule has 1 aromatic heterocycles. The van der Waals surface area contributed by atoms with Crippen LogP contribution in [0.15, 0.2) is 101 Å². The average Bonchev–Trinajstić information content (AvgIpc) is 2.88. The maximum atomic E-state index is 13.6. The third kappa shape index (κ3) is 4.34. The van der Waals surface area contributed by atoms with Crippen LogP contribution in [0.4, 0.5) is 0 Å². The predicted octanol–water partition coefficient (Wildman–Crippen LogP) is 5.40. The average molecular weight is 451 g/mol. The highest BCUT2D eigenvalue weighted by Gasteiger charge is 2.44. The van der Waals surface area contributed by atoms with Crippen molar-refractivity contribution in [1.82, 2.24) is 4.98 Å². The molecule has 2 aromatic carbocycles. The second-order valence-electron chi connectivity index (χ2n) is 8.89. The molecule has 0 spiro atoms. The van der Waals surface area contributed by atoms with Crippen LogP contribution in [0.25, 0.3) is 0 Å². The number of nitrogens with zero attached hydrogens (tertiary/aromatic N) is 2. The van der Waals surface area contributed by atoms with Crippen molar-refractivity contribution < 1.29 is 14.3 Å². The summed E-state index contributed by atoms with van der Waals surface area (Å²) in [5.74, 6) is -1.36. The Morgan fingerprint density at radius 3 is 2.35 bits per heavy atom. The standard InChI is InChI=1S/C29H26N2O3/c1-19-26(29(33)34-18-20-9-4-2-5-10-20)27(22-13-8-14-30-17-22)28-24(31-19)15-23(16-25(28)32)21-11-6-3-7-12-21/h2-14,17,23,26-27H,15-16,18H2,1H3/t23-,26?,27-/m1/s1. The minimum Gasteiger partial charge on any atom is -0.460 e. The maximum Gasteiger partial charge on any atom is 0.315 e. The van der Waals surface area contributed by atoms with Gasteiger partial charge in [-0.05, 0) is 42.0 Å². The van der Waals surface area contributed by atoms with E-state index in [1.54, 1.807) is 12.4 Å². The first-order valence-corrected chi connectivity index (χ1v) is 11.6. The van der Waals surface area contributed by atoms with Crippen LogP contribution in [-0.4, -0.2) is 22.4 Å². The number of ether oxygens (including phenoxy) is 1. The smallest absolute Gasteiger partial charge is 0.315 e. The molecule has 1 unspecified atom stereocenters. The molecule has 5 nitrogen and oxygen atoms in total. The molecule has 2 heterocycles. The number of aliphatic imine (C=N–C) groups is 1. The van der Waals surface area contributed by atoms with Gasteiger partial charge in [0, 0.05) is 41.7 Å². The van der Waals surface area contributed by atoms with E-state index < -0.39 is 11.8 Å². The molecule has 0 radical (unpaired) electrons. The van der Waals surface area contributed by atoms with Crippen LogP contribution in [0.3, 0.4) is 0 Å². The molecular formula is C29H26N2O3. The fourth-order valence-electron chi connectivity index (χ4n) is 5.06. The normalized spacial score (nSPS) is 22.1. The number of carbonyl (C=O) groups is 2. The van der Waals surface area contributed by atoms with Gasteiger partial charge in [0.05, 0.1) is 0 Å². The van der Waals surface area contributed by atoms with Gasteiger partial charge >= 0.3 is 5.97 Å². The topological polar surface area (TPSA) is 68.6 Å². The van der Waals surface area contributed by atoms with Gasteiger partial charge in [-0.1, -0.05) is 66.7 Å². The zero-order valence-corrected chi connectivity index (χ0v) is 19.1. The van der Waals surface area contributed by atoms with E-state index in [0.29, 0.717) is 24.1 Å². The number of allylic oxidation sites excluding steroid dienone is 2. The number of pyridine rings is 1. The molecular weight excluding hydrogens is 424 g/mol. The number of ketones is 1. The van der Waals surface area contributed by atoms with Gasteiger partial charge in [0.1, 0.15) is 12.5 Å². The Bertz CT molecular complexity index is 1250. The molecule has 170 valence electrons. The van der Waals surface area contributed by atoms with Gasteiger partial charge in [0.15, 0.2) is 5.78 Å². The Kier molecular flexibility index (Phi) is 6.17. The summed E-state index contributed by atoms with van der Waals surface area (Å²) in [6.45, 7) is 2.04. The molecule has 5 heteroatoms. The van der Waals surface area contributed by atoms with Crippen molar-refractivity contribution in [2.75, 3.05) is 0 Å². The van der Waals surface area contributed by atoms with E-state index in [1.165, 1.54) is 0 Å². The third-order valence-corrected chi connectivity index (χ3v) is 6.68. The van der Waals surface area contributed by atoms with E-state index >= 15 is 0 Å². The van der Waals surface area contributed by atoms with Crippen LogP contribution in [0, 0.1) is 5.92 Å². The van der Waals surface area contributed by atoms with Crippen molar-refractivity contribution in [3.63, 3.8) is 0 Å². The minimum absolute atomic E-state index is 0.0427. The van der Waals surface area contributed by atoms with Gasteiger partial charge in [-0.15, -0.1) is 0 Å². The van der Waals surface area contributed by atoms with Gasteiger partial charge in [-0.3, -0.25) is 19.6 Å². The van der Waals surface area contributed by atoms with Crippen molar-refractivity contribution in [2.24, 2.45) is 10.9 Å². The molecule has 1 aliphatic heterocycles. The fraction of sp³-hybridized carbons (Fsp3) is 0.241. The summed E-state index contributed by atoms with van der Waals surface area (Å²) in [7, 11) is 0. The Hall–Kier alpha value is -3.86. The Balaban J connectivity index is 1.49. The first-order chi connectivity index (χ1) is 16.6. The fourth-order valence-corrected chi connectivity index (χ4v) is 5.06.